The molecule has 0 saturated heterocycles. The minimum absolute atomic E-state index is 0.0544. The number of benzene rings is 2. The van der Waals surface area contributed by atoms with E-state index in [1.807, 2.05) is 18.2 Å². The minimum atomic E-state index is -0.480. The molecule has 134 valence electrons. The zero-order chi connectivity index (χ0) is 18.8. The molecule has 0 saturated carbocycles. The number of fused-ring (bicyclic) bond motifs is 1. The van der Waals surface area contributed by atoms with Gasteiger partial charge < -0.3 is 9.73 Å². The molecule has 0 bridgehead atoms. The van der Waals surface area contributed by atoms with Crippen LogP contribution in [0.15, 0.2) is 47.1 Å². The summed E-state index contributed by atoms with van der Waals surface area (Å²) in [7, 11) is 0. The van der Waals surface area contributed by atoms with Crippen LogP contribution in [0, 0.1) is 17.0 Å². The van der Waals surface area contributed by atoms with E-state index in [0.717, 1.165) is 22.1 Å². The number of aryl methyl sites for hydroxylation is 1. The molecular formula is C20H20N2O4. The van der Waals surface area contributed by atoms with Gasteiger partial charge in [-0.05, 0) is 36.1 Å². The Kier molecular flexibility index (Phi) is 4.75. The van der Waals surface area contributed by atoms with Crippen LogP contribution in [0.25, 0.3) is 11.0 Å². The molecule has 0 aliphatic carbocycles. The Bertz CT molecular complexity index is 989. The number of carbonyl (C=O) groups excluding carboxylic acids is 1. The van der Waals surface area contributed by atoms with Crippen LogP contribution in [-0.2, 0) is 11.2 Å². The number of nitrogens with zero attached hydrogens (tertiary/aromatic N) is 1. The number of hydrogen-bond donors (Lipinski definition) is 1. The number of anilines is 1. The number of nitro benzene ring substituents is 1. The van der Waals surface area contributed by atoms with E-state index in [2.05, 4.69) is 19.2 Å². The highest BCUT2D eigenvalue weighted by atomic mass is 16.6. The van der Waals surface area contributed by atoms with E-state index in [9.17, 15) is 14.9 Å². The van der Waals surface area contributed by atoms with Crippen molar-refractivity contribution in [3.05, 3.63) is 69.5 Å². The summed E-state index contributed by atoms with van der Waals surface area (Å²) in [5.74, 6) is 0.134. The number of carbonyl (C=O) groups is 1. The second-order valence-corrected chi connectivity index (χ2v) is 6.65. The molecule has 26 heavy (non-hydrogen) atoms. The maximum absolute atomic E-state index is 12.5. The second-order valence-electron chi connectivity index (χ2n) is 6.65. The van der Waals surface area contributed by atoms with Crippen molar-refractivity contribution in [3.63, 3.8) is 0 Å². The lowest BCUT2D eigenvalue weighted by molar-refractivity contribution is -0.384. The molecule has 2 aromatic carbocycles. The lowest BCUT2D eigenvalue weighted by Crippen LogP contribution is -2.15. The molecule has 1 amide bonds. The van der Waals surface area contributed by atoms with E-state index in [0.29, 0.717) is 11.6 Å². The molecule has 0 atom stereocenters. The van der Waals surface area contributed by atoms with Crippen LogP contribution in [0.1, 0.15) is 36.5 Å². The highest BCUT2D eigenvalue weighted by Gasteiger charge is 2.14. The molecular weight excluding hydrogens is 332 g/mol. The Morgan fingerprint density at radius 2 is 2.00 bits per heavy atom. The van der Waals surface area contributed by atoms with Crippen LogP contribution in [0.3, 0.4) is 0 Å². The van der Waals surface area contributed by atoms with E-state index < -0.39 is 4.92 Å². The first-order valence-electron chi connectivity index (χ1n) is 8.40. The summed E-state index contributed by atoms with van der Waals surface area (Å²) in [6.45, 7) is 6.01. The van der Waals surface area contributed by atoms with Gasteiger partial charge in [-0.2, -0.15) is 0 Å². The summed E-state index contributed by atoms with van der Waals surface area (Å²) in [6, 6.07) is 10.4. The molecule has 1 aromatic heterocycles. The fraction of sp³-hybridized carbons (Fsp3) is 0.250. The highest BCUT2D eigenvalue weighted by Crippen LogP contribution is 2.27. The average Bonchev–Trinajstić information content (AvgIpc) is 2.98. The summed E-state index contributed by atoms with van der Waals surface area (Å²) in [4.78, 5) is 22.9. The zero-order valence-corrected chi connectivity index (χ0v) is 14.9. The van der Waals surface area contributed by atoms with Crippen molar-refractivity contribution in [2.24, 2.45) is 0 Å². The molecule has 0 unspecified atom stereocenters. The SMILES string of the molecule is Cc1ccc([N+](=O)[O-])cc1NC(=O)Cc1coc2ccc(C(C)C)cc12. The van der Waals surface area contributed by atoms with Crippen molar-refractivity contribution in [1.29, 1.82) is 0 Å². The standard InChI is InChI=1S/C20H20N2O4/c1-12(2)14-5-7-19-17(8-14)15(11-26-19)9-20(23)21-18-10-16(22(24)25)6-4-13(18)3/h4-8,10-12H,9H2,1-3H3,(H,21,23). The maximum Gasteiger partial charge on any atom is 0.271 e. The van der Waals surface area contributed by atoms with Crippen LogP contribution in [0.5, 0.6) is 0 Å². The van der Waals surface area contributed by atoms with Crippen molar-refractivity contribution >= 4 is 28.3 Å². The van der Waals surface area contributed by atoms with Crippen LogP contribution < -0.4 is 5.32 Å². The third kappa shape index (κ3) is 3.59. The molecule has 0 radical (unpaired) electrons. The van der Waals surface area contributed by atoms with Gasteiger partial charge in [-0.25, -0.2) is 0 Å². The molecule has 6 nitrogen and oxygen atoms in total. The van der Waals surface area contributed by atoms with E-state index in [-0.39, 0.29) is 18.0 Å². The molecule has 1 heterocycles. The lowest BCUT2D eigenvalue weighted by Gasteiger charge is -2.08. The summed E-state index contributed by atoms with van der Waals surface area (Å²) < 4.78 is 5.54. The van der Waals surface area contributed by atoms with Gasteiger partial charge in [0.25, 0.3) is 5.69 Å². The first-order chi connectivity index (χ1) is 12.3. The van der Waals surface area contributed by atoms with Crippen LogP contribution >= 0.6 is 0 Å². The number of amides is 1. The van der Waals surface area contributed by atoms with Gasteiger partial charge in [-0.3, -0.25) is 14.9 Å². The van der Waals surface area contributed by atoms with Crippen molar-refractivity contribution in [1.82, 2.24) is 0 Å². The van der Waals surface area contributed by atoms with Crippen LogP contribution in [0.4, 0.5) is 11.4 Å². The third-order valence-corrected chi connectivity index (χ3v) is 4.40. The normalized spacial score (nSPS) is 11.1. The molecule has 0 aliphatic rings. The maximum atomic E-state index is 12.5. The quantitative estimate of drug-likeness (QED) is 0.520. The summed E-state index contributed by atoms with van der Waals surface area (Å²) in [6.07, 6.45) is 1.73. The number of furan rings is 1. The van der Waals surface area contributed by atoms with Crippen LogP contribution in [-0.4, -0.2) is 10.8 Å². The number of nitro groups is 1. The van der Waals surface area contributed by atoms with Gasteiger partial charge in [0.15, 0.2) is 0 Å². The predicted molar refractivity (Wildman–Crippen MR) is 100 cm³/mol. The van der Waals surface area contributed by atoms with Gasteiger partial charge in [-0.1, -0.05) is 26.0 Å². The molecule has 3 rings (SSSR count). The fourth-order valence-corrected chi connectivity index (χ4v) is 2.82. The third-order valence-electron chi connectivity index (χ3n) is 4.40. The summed E-state index contributed by atoms with van der Waals surface area (Å²) >= 11 is 0. The predicted octanol–water partition coefficient (Wildman–Crippen LogP) is 4.95. The molecule has 0 spiro atoms. The smallest absolute Gasteiger partial charge is 0.271 e. The number of hydrogen-bond acceptors (Lipinski definition) is 4. The Morgan fingerprint density at radius 1 is 1.23 bits per heavy atom. The first kappa shape index (κ1) is 17.7. The topological polar surface area (TPSA) is 85.4 Å². The lowest BCUT2D eigenvalue weighted by atomic mass is 10.00. The number of nitrogens with one attached hydrogen (secondary N) is 1. The number of rotatable bonds is 5. The fourth-order valence-electron chi connectivity index (χ4n) is 2.82. The first-order valence-corrected chi connectivity index (χ1v) is 8.40. The van der Waals surface area contributed by atoms with Crippen molar-refractivity contribution < 1.29 is 14.1 Å². The van der Waals surface area contributed by atoms with Crippen molar-refractivity contribution in [2.45, 2.75) is 33.1 Å². The van der Waals surface area contributed by atoms with E-state index in [1.165, 1.54) is 17.7 Å². The van der Waals surface area contributed by atoms with E-state index in [4.69, 9.17) is 4.42 Å². The molecule has 6 heteroatoms. The average molecular weight is 352 g/mol. The summed E-state index contributed by atoms with van der Waals surface area (Å²) in [5.41, 5.74) is 3.87. The van der Waals surface area contributed by atoms with E-state index >= 15 is 0 Å². The second kappa shape index (κ2) is 7.00. The van der Waals surface area contributed by atoms with Gasteiger partial charge in [0.2, 0.25) is 5.91 Å². The number of non-ortho nitro benzene ring substituents is 1. The molecule has 3 aromatic rings. The minimum Gasteiger partial charge on any atom is -0.464 e. The van der Waals surface area contributed by atoms with Gasteiger partial charge >= 0.3 is 0 Å². The van der Waals surface area contributed by atoms with Gasteiger partial charge in [0.1, 0.15) is 5.58 Å². The Morgan fingerprint density at radius 3 is 2.69 bits per heavy atom. The molecule has 0 fully saturated rings. The van der Waals surface area contributed by atoms with Crippen LogP contribution in [0.2, 0.25) is 0 Å². The largest absolute Gasteiger partial charge is 0.464 e. The van der Waals surface area contributed by atoms with Gasteiger partial charge in [0, 0.05) is 23.1 Å². The monoisotopic (exact) mass is 352 g/mol. The van der Waals surface area contributed by atoms with Crippen molar-refractivity contribution in [3.8, 4) is 0 Å². The molecule has 0 aliphatic heterocycles. The van der Waals surface area contributed by atoms with Gasteiger partial charge in [-0.15, -0.1) is 0 Å². The molecule has 1 N–H and O–H groups in total. The van der Waals surface area contributed by atoms with E-state index in [1.54, 1.807) is 19.3 Å². The van der Waals surface area contributed by atoms with Gasteiger partial charge in [0.05, 0.1) is 23.3 Å². The zero-order valence-electron chi connectivity index (χ0n) is 14.9. The Labute approximate surface area is 151 Å². The van der Waals surface area contributed by atoms with Crippen molar-refractivity contribution in [2.75, 3.05) is 5.32 Å². The highest BCUT2D eigenvalue weighted by molar-refractivity contribution is 5.96. The summed E-state index contributed by atoms with van der Waals surface area (Å²) in [5, 5.41) is 14.6. The Hall–Kier alpha value is -3.15. The Balaban J connectivity index is 1.82.